The van der Waals surface area contributed by atoms with Gasteiger partial charge in [-0.1, -0.05) is 17.7 Å². The Morgan fingerprint density at radius 3 is 2.20 bits per heavy atom. The molecule has 20 heavy (non-hydrogen) atoms. The van der Waals surface area contributed by atoms with Gasteiger partial charge in [0, 0.05) is 17.3 Å². The van der Waals surface area contributed by atoms with Gasteiger partial charge in [0.15, 0.2) is 5.78 Å². The summed E-state index contributed by atoms with van der Waals surface area (Å²) in [5.41, 5.74) is 10.7. The molecule has 0 unspecified atom stereocenters. The summed E-state index contributed by atoms with van der Waals surface area (Å²) in [6, 6.07) is 9.14. The van der Waals surface area contributed by atoms with E-state index < -0.39 is 0 Å². The Balaban J connectivity index is 2.58. The topological polar surface area (TPSA) is 52.3 Å². The summed E-state index contributed by atoms with van der Waals surface area (Å²) >= 11 is 0. The van der Waals surface area contributed by atoms with Crippen molar-refractivity contribution >= 4 is 11.5 Å². The molecule has 0 amide bonds. The molecule has 0 aromatic heterocycles. The van der Waals surface area contributed by atoms with Crippen molar-refractivity contribution in [1.82, 2.24) is 0 Å². The molecule has 0 spiro atoms. The third-order valence-electron chi connectivity index (χ3n) is 3.37. The van der Waals surface area contributed by atoms with Gasteiger partial charge in [0.1, 0.15) is 5.75 Å². The van der Waals surface area contributed by atoms with Crippen molar-refractivity contribution in [2.45, 2.75) is 20.8 Å². The van der Waals surface area contributed by atoms with Gasteiger partial charge in [-0.25, -0.2) is 0 Å². The van der Waals surface area contributed by atoms with Crippen LogP contribution in [0.25, 0.3) is 0 Å². The average Bonchev–Trinajstić information content (AvgIpc) is 2.37. The second-order valence-electron chi connectivity index (χ2n) is 5.06. The molecule has 0 saturated carbocycles. The Hall–Kier alpha value is -2.29. The Bertz CT molecular complexity index is 652. The van der Waals surface area contributed by atoms with E-state index in [1.807, 2.05) is 32.9 Å². The minimum Gasteiger partial charge on any atom is -0.496 e. The van der Waals surface area contributed by atoms with Crippen molar-refractivity contribution in [1.29, 1.82) is 0 Å². The first kappa shape index (κ1) is 14.1. The molecule has 2 aromatic carbocycles. The Kier molecular flexibility index (Phi) is 3.79. The molecule has 2 rings (SSSR count). The zero-order valence-electron chi connectivity index (χ0n) is 12.3. The van der Waals surface area contributed by atoms with Gasteiger partial charge in [-0.15, -0.1) is 0 Å². The van der Waals surface area contributed by atoms with Gasteiger partial charge in [0.25, 0.3) is 0 Å². The number of ketones is 1. The first-order valence-electron chi connectivity index (χ1n) is 6.50. The molecule has 3 heteroatoms. The number of carbonyl (C=O) groups is 1. The normalized spacial score (nSPS) is 10.4. The number of aryl methyl sites for hydroxylation is 3. The number of rotatable bonds is 3. The van der Waals surface area contributed by atoms with Crippen molar-refractivity contribution in [3.63, 3.8) is 0 Å². The number of hydrogen-bond acceptors (Lipinski definition) is 3. The van der Waals surface area contributed by atoms with Crippen LogP contribution in [0.2, 0.25) is 0 Å². The van der Waals surface area contributed by atoms with E-state index in [-0.39, 0.29) is 5.78 Å². The van der Waals surface area contributed by atoms with Crippen molar-refractivity contribution in [2.24, 2.45) is 0 Å². The fourth-order valence-corrected chi connectivity index (χ4v) is 2.57. The van der Waals surface area contributed by atoms with Gasteiger partial charge in [-0.2, -0.15) is 0 Å². The lowest BCUT2D eigenvalue weighted by molar-refractivity contribution is 0.103. The number of ether oxygens (including phenoxy) is 1. The second kappa shape index (κ2) is 5.37. The van der Waals surface area contributed by atoms with Crippen LogP contribution in [0.1, 0.15) is 32.6 Å². The Morgan fingerprint density at radius 1 is 1.05 bits per heavy atom. The van der Waals surface area contributed by atoms with E-state index in [1.165, 1.54) is 0 Å². The molecule has 2 N–H and O–H groups in total. The molecule has 104 valence electrons. The molecule has 0 saturated heterocycles. The highest BCUT2D eigenvalue weighted by atomic mass is 16.5. The molecule has 3 nitrogen and oxygen atoms in total. The van der Waals surface area contributed by atoms with Crippen LogP contribution in [0.3, 0.4) is 0 Å². The minimum atomic E-state index is -0.0307. The number of anilines is 1. The zero-order valence-corrected chi connectivity index (χ0v) is 12.3. The average molecular weight is 269 g/mol. The summed E-state index contributed by atoms with van der Waals surface area (Å²) in [6.07, 6.45) is 0. The summed E-state index contributed by atoms with van der Waals surface area (Å²) < 4.78 is 5.27. The second-order valence-corrected chi connectivity index (χ2v) is 5.06. The molecule has 0 aliphatic rings. The largest absolute Gasteiger partial charge is 0.496 e. The van der Waals surface area contributed by atoms with Crippen LogP contribution >= 0.6 is 0 Å². The Labute approximate surface area is 119 Å². The number of methoxy groups -OCH3 is 1. The van der Waals surface area contributed by atoms with E-state index in [9.17, 15) is 4.79 Å². The molecule has 0 atom stereocenters. The van der Waals surface area contributed by atoms with Crippen LogP contribution in [-0.2, 0) is 0 Å². The maximum absolute atomic E-state index is 12.8. The van der Waals surface area contributed by atoms with Gasteiger partial charge in [-0.3, -0.25) is 4.79 Å². The quantitative estimate of drug-likeness (QED) is 0.686. The lowest BCUT2D eigenvalue weighted by Crippen LogP contribution is -2.09. The van der Waals surface area contributed by atoms with E-state index >= 15 is 0 Å². The summed E-state index contributed by atoms with van der Waals surface area (Å²) in [4.78, 5) is 12.8. The van der Waals surface area contributed by atoms with Crippen molar-refractivity contribution in [3.05, 3.63) is 58.1 Å². The van der Waals surface area contributed by atoms with Crippen LogP contribution in [0.5, 0.6) is 5.75 Å². The SMILES string of the molecule is COc1cc(N)ccc1C(=O)c1c(C)cc(C)cc1C. The molecule has 0 radical (unpaired) electrons. The lowest BCUT2D eigenvalue weighted by Gasteiger charge is -2.13. The van der Waals surface area contributed by atoms with Crippen molar-refractivity contribution in [2.75, 3.05) is 12.8 Å². The van der Waals surface area contributed by atoms with Crippen LogP contribution in [0.4, 0.5) is 5.69 Å². The standard InChI is InChI=1S/C17H19NO2/c1-10-7-11(2)16(12(3)8-10)17(19)14-6-5-13(18)9-15(14)20-4/h5-9H,18H2,1-4H3. The molecule has 0 fully saturated rings. The third kappa shape index (κ3) is 2.52. The maximum Gasteiger partial charge on any atom is 0.197 e. The summed E-state index contributed by atoms with van der Waals surface area (Å²) in [7, 11) is 1.54. The number of carbonyl (C=O) groups excluding carboxylic acids is 1. The van der Waals surface area contributed by atoms with Gasteiger partial charge < -0.3 is 10.5 Å². The smallest absolute Gasteiger partial charge is 0.197 e. The van der Waals surface area contributed by atoms with E-state index in [4.69, 9.17) is 10.5 Å². The first-order chi connectivity index (χ1) is 9.43. The fourth-order valence-electron chi connectivity index (χ4n) is 2.57. The molecular formula is C17H19NO2. The maximum atomic E-state index is 12.8. The zero-order chi connectivity index (χ0) is 14.9. The summed E-state index contributed by atoms with van der Waals surface area (Å²) in [5.74, 6) is 0.478. The lowest BCUT2D eigenvalue weighted by atomic mass is 9.92. The first-order valence-corrected chi connectivity index (χ1v) is 6.50. The van der Waals surface area contributed by atoms with E-state index in [1.54, 1.807) is 25.3 Å². The van der Waals surface area contributed by atoms with Gasteiger partial charge in [0.05, 0.1) is 12.7 Å². The minimum absolute atomic E-state index is 0.0307. The third-order valence-corrected chi connectivity index (χ3v) is 3.37. The number of nitrogens with two attached hydrogens (primary N) is 1. The van der Waals surface area contributed by atoms with Crippen LogP contribution < -0.4 is 10.5 Å². The number of nitrogen functional groups attached to an aromatic ring is 1. The van der Waals surface area contributed by atoms with Crippen LogP contribution in [-0.4, -0.2) is 12.9 Å². The van der Waals surface area contributed by atoms with Gasteiger partial charge >= 0.3 is 0 Å². The molecule has 0 aliphatic heterocycles. The van der Waals surface area contributed by atoms with Crippen LogP contribution in [0.15, 0.2) is 30.3 Å². The highest BCUT2D eigenvalue weighted by Gasteiger charge is 2.18. The van der Waals surface area contributed by atoms with Crippen molar-refractivity contribution < 1.29 is 9.53 Å². The Morgan fingerprint density at radius 2 is 1.65 bits per heavy atom. The molecule has 0 aliphatic carbocycles. The molecule has 0 bridgehead atoms. The van der Waals surface area contributed by atoms with Crippen LogP contribution in [0, 0.1) is 20.8 Å². The van der Waals surface area contributed by atoms with Gasteiger partial charge in [-0.05, 0) is 44.0 Å². The predicted molar refractivity (Wildman–Crippen MR) is 81.5 cm³/mol. The van der Waals surface area contributed by atoms with E-state index in [0.717, 1.165) is 22.3 Å². The number of benzene rings is 2. The summed E-state index contributed by atoms with van der Waals surface area (Å²) in [6.45, 7) is 5.94. The molecule has 2 aromatic rings. The fraction of sp³-hybridized carbons (Fsp3) is 0.235. The van der Waals surface area contributed by atoms with Crippen molar-refractivity contribution in [3.8, 4) is 5.75 Å². The molecular weight excluding hydrogens is 250 g/mol. The highest BCUT2D eigenvalue weighted by molar-refractivity contribution is 6.12. The predicted octanol–water partition coefficient (Wildman–Crippen LogP) is 3.43. The summed E-state index contributed by atoms with van der Waals surface area (Å²) in [5, 5.41) is 0. The van der Waals surface area contributed by atoms with Gasteiger partial charge in [0.2, 0.25) is 0 Å². The van der Waals surface area contributed by atoms with E-state index in [0.29, 0.717) is 17.0 Å². The van der Waals surface area contributed by atoms with E-state index in [2.05, 4.69) is 0 Å². The monoisotopic (exact) mass is 269 g/mol. The number of hydrogen-bond donors (Lipinski definition) is 1. The molecule has 0 heterocycles. The highest BCUT2D eigenvalue weighted by Crippen LogP contribution is 2.27.